The van der Waals surface area contributed by atoms with Crippen LogP contribution in [0.3, 0.4) is 0 Å². The molecule has 18 heavy (non-hydrogen) atoms. The van der Waals surface area contributed by atoms with Gasteiger partial charge in [0, 0.05) is 10.0 Å². The molecule has 1 nitrogen and oxygen atoms in total. The molecule has 94 valence electrons. The Balaban J connectivity index is 1.96. The minimum atomic E-state index is 0.592. The van der Waals surface area contributed by atoms with Crippen molar-refractivity contribution < 1.29 is 4.74 Å². The van der Waals surface area contributed by atoms with Crippen LogP contribution in [0, 0.1) is 0 Å². The first-order chi connectivity index (χ1) is 8.79. The van der Waals surface area contributed by atoms with Crippen LogP contribution in [0.25, 0.3) is 0 Å². The fourth-order valence-electron chi connectivity index (χ4n) is 1.82. The van der Waals surface area contributed by atoms with Crippen molar-refractivity contribution in [3.8, 4) is 5.75 Å². The van der Waals surface area contributed by atoms with Gasteiger partial charge in [-0.3, -0.25) is 0 Å². The van der Waals surface area contributed by atoms with E-state index in [0.717, 1.165) is 22.2 Å². The summed E-state index contributed by atoms with van der Waals surface area (Å²) in [6, 6.07) is 16.5. The van der Waals surface area contributed by atoms with Gasteiger partial charge in [-0.2, -0.15) is 0 Å². The van der Waals surface area contributed by atoms with Gasteiger partial charge in [-0.15, -0.1) is 0 Å². The van der Waals surface area contributed by atoms with Gasteiger partial charge in [0.2, 0.25) is 0 Å². The molecule has 0 radical (unpaired) electrons. The van der Waals surface area contributed by atoms with Gasteiger partial charge in [0.05, 0.1) is 0 Å². The number of rotatable bonds is 5. The lowest BCUT2D eigenvalue weighted by atomic mass is 10.1. The highest BCUT2D eigenvalue weighted by Crippen LogP contribution is 2.19. The van der Waals surface area contributed by atoms with Crippen molar-refractivity contribution in [1.82, 2.24) is 0 Å². The first kappa shape index (κ1) is 13.2. The lowest BCUT2D eigenvalue weighted by Crippen LogP contribution is -1.96. The zero-order valence-corrected chi connectivity index (χ0v) is 12.1. The van der Waals surface area contributed by atoms with E-state index in [4.69, 9.17) is 4.74 Å². The summed E-state index contributed by atoms with van der Waals surface area (Å²) in [4.78, 5) is 0. The summed E-state index contributed by atoms with van der Waals surface area (Å²) < 4.78 is 6.87. The standard InChI is InChI=1S/C16H17BrO/c1-2-5-13-8-10-15(11-9-13)18-12-14-6-3-4-7-16(14)17/h3-4,6-11H,2,5,12H2,1H3. The van der Waals surface area contributed by atoms with Crippen LogP contribution < -0.4 is 4.74 Å². The summed E-state index contributed by atoms with van der Waals surface area (Å²) in [5.74, 6) is 0.922. The first-order valence-electron chi connectivity index (χ1n) is 6.24. The highest BCUT2D eigenvalue weighted by atomic mass is 79.9. The molecule has 0 bridgehead atoms. The Bertz CT molecular complexity index is 491. The van der Waals surface area contributed by atoms with Crippen LogP contribution in [0.5, 0.6) is 5.75 Å². The summed E-state index contributed by atoms with van der Waals surface area (Å²) in [5, 5.41) is 0. The van der Waals surface area contributed by atoms with Crippen molar-refractivity contribution in [2.45, 2.75) is 26.4 Å². The maximum atomic E-state index is 5.78. The third kappa shape index (κ3) is 3.61. The topological polar surface area (TPSA) is 9.23 Å². The van der Waals surface area contributed by atoms with Gasteiger partial charge < -0.3 is 4.74 Å². The largest absolute Gasteiger partial charge is 0.489 e. The van der Waals surface area contributed by atoms with Crippen molar-refractivity contribution >= 4 is 15.9 Å². The molecule has 0 aromatic heterocycles. The van der Waals surface area contributed by atoms with Gasteiger partial charge in [0.25, 0.3) is 0 Å². The van der Waals surface area contributed by atoms with Gasteiger partial charge in [-0.1, -0.05) is 59.6 Å². The van der Waals surface area contributed by atoms with Gasteiger partial charge in [0.15, 0.2) is 0 Å². The molecule has 0 aliphatic rings. The molecule has 0 atom stereocenters. The Morgan fingerprint density at radius 1 is 1.00 bits per heavy atom. The van der Waals surface area contributed by atoms with Crippen molar-refractivity contribution in [1.29, 1.82) is 0 Å². The Kier molecular flexibility index (Phi) is 4.82. The Morgan fingerprint density at radius 3 is 2.39 bits per heavy atom. The first-order valence-corrected chi connectivity index (χ1v) is 7.04. The second-order valence-corrected chi connectivity index (χ2v) is 5.13. The molecule has 0 fully saturated rings. The van der Waals surface area contributed by atoms with E-state index in [1.54, 1.807) is 0 Å². The maximum Gasteiger partial charge on any atom is 0.119 e. The van der Waals surface area contributed by atoms with Crippen LogP contribution in [0.1, 0.15) is 24.5 Å². The average Bonchev–Trinajstić information content (AvgIpc) is 2.40. The molecule has 2 aromatic rings. The van der Waals surface area contributed by atoms with E-state index in [9.17, 15) is 0 Å². The SMILES string of the molecule is CCCc1ccc(OCc2ccccc2Br)cc1. The van der Waals surface area contributed by atoms with E-state index >= 15 is 0 Å². The summed E-state index contributed by atoms with van der Waals surface area (Å²) in [6.07, 6.45) is 2.31. The van der Waals surface area contributed by atoms with Crippen LogP contribution in [-0.4, -0.2) is 0 Å². The van der Waals surface area contributed by atoms with Crippen LogP contribution in [0.15, 0.2) is 53.0 Å². The third-order valence-electron chi connectivity index (χ3n) is 2.81. The van der Waals surface area contributed by atoms with Gasteiger partial charge in [-0.25, -0.2) is 0 Å². The highest BCUT2D eigenvalue weighted by molar-refractivity contribution is 9.10. The quantitative estimate of drug-likeness (QED) is 0.757. The Hall–Kier alpha value is -1.28. The molecule has 0 aliphatic heterocycles. The average molecular weight is 305 g/mol. The van der Waals surface area contributed by atoms with Crippen molar-refractivity contribution in [3.05, 3.63) is 64.1 Å². The smallest absolute Gasteiger partial charge is 0.119 e. The number of hydrogen-bond donors (Lipinski definition) is 0. The predicted octanol–water partition coefficient (Wildman–Crippen LogP) is 4.98. The molecule has 2 heteroatoms. The maximum absolute atomic E-state index is 5.78. The number of halogens is 1. The van der Waals surface area contributed by atoms with E-state index in [1.807, 2.05) is 30.3 Å². The normalized spacial score (nSPS) is 10.3. The van der Waals surface area contributed by atoms with Crippen LogP contribution >= 0.6 is 15.9 Å². The number of hydrogen-bond acceptors (Lipinski definition) is 1. The zero-order valence-electron chi connectivity index (χ0n) is 10.5. The molecule has 0 saturated carbocycles. The zero-order chi connectivity index (χ0) is 12.8. The van der Waals surface area contributed by atoms with E-state index in [2.05, 4.69) is 41.1 Å². The third-order valence-corrected chi connectivity index (χ3v) is 3.59. The van der Waals surface area contributed by atoms with Gasteiger partial charge in [0.1, 0.15) is 12.4 Å². The van der Waals surface area contributed by atoms with Gasteiger partial charge >= 0.3 is 0 Å². The van der Waals surface area contributed by atoms with E-state index in [1.165, 1.54) is 12.0 Å². The molecule has 0 unspecified atom stereocenters. The second-order valence-electron chi connectivity index (χ2n) is 4.27. The van der Waals surface area contributed by atoms with Crippen molar-refractivity contribution in [2.24, 2.45) is 0 Å². The van der Waals surface area contributed by atoms with Crippen LogP contribution in [0.4, 0.5) is 0 Å². The molecule has 2 rings (SSSR count). The highest BCUT2D eigenvalue weighted by Gasteiger charge is 2.00. The summed E-state index contributed by atoms with van der Waals surface area (Å²) >= 11 is 3.52. The number of aryl methyl sites for hydroxylation is 1. The molecule has 2 aromatic carbocycles. The number of benzene rings is 2. The molecular formula is C16H17BrO. The molecule has 0 aliphatic carbocycles. The van der Waals surface area contributed by atoms with Crippen LogP contribution in [0.2, 0.25) is 0 Å². The van der Waals surface area contributed by atoms with E-state index in [0.29, 0.717) is 6.61 Å². The minimum absolute atomic E-state index is 0.592. The van der Waals surface area contributed by atoms with Crippen molar-refractivity contribution in [2.75, 3.05) is 0 Å². The monoisotopic (exact) mass is 304 g/mol. The molecular weight excluding hydrogens is 288 g/mol. The molecule has 0 spiro atoms. The van der Waals surface area contributed by atoms with Crippen molar-refractivity contribution in [3.63, 3.8) is 0 Å². The van der Waals surface area contributed by atoms with E-state index < -0.39 is 0 Å². The second kappa shape index (κ2) is 6.60. The molecule has 0 N–H and O–H groups in total. The molecule has 0 heterocycles. The summed E-state index contributed by atoms with van der Waals surface area (Å²) in [6.45, 7) is 2.78. The lowest BCUT2D eigenvalue weighted by molar-refractivity contribution is 0.305. The Morgan fingerprint density at radius 2 is 1.72 bits per heavy atom. The molecule has 0 amide bonds. The predicted molar refractivity (Wildman–Crippen MR) is 78.9 cm³/mol. The van der Waals surface area contributed by atoms with Gasteiger partial charge in [-0.05, 0) is 30.2 Å². The minimum Gasteiger partial charge on any atom is -0.489 e. The Labute approximate surface area is 117 Å². The van der Waals surface area contributed by atoms with Crippen LogP contribution in [-0.2, 0) is 13.0 Å². The van der Waals surface area contributed by atoms with E-state index in [-0.39, 0.29) is 0 Å². The lowest BCUT2D eigenvalue weighted by Gasteiger charge is -2.08. The summed E-state index contributed by atoms with van der Waals surface area (Å²) in [5.41, 5.74) is 2.53. The fraction of sp³-hybridized carbons (Fsp3) is 0.250. The summed E-state index contributed by atoms with van der Waals surface area (Å²) in [7, 11) is 0. The fourth-order valence-corrected chi connectivity index (χ4v) is 2.22. The molecule has 0 saturated heterocycles. The number of ether oxygens (including phenoxy) is 1.